The number of hydrogen-bond acceptors (Lipinski definition) is 10. The number of unbranched alkanes of at least 4 members (excludes halogenated alkanes) is 1. The third-order valence-electron chi connectivity index (χ3n) is 8.18. The van der Waals surface area contributed by atoms with Gasteiger partial charge in [-0.25, -0.2) is 23.1 Å². The van der Waals surface area contributed by atoms with E-state index in [1.807, 2.05) is 6.92 Å². The van der Waals surface area contributed by atoms with E-state index in [0.717, 1.165) is 33.4 Å². The van der Waals surface area contributed by atoms with Crippen LogP contribution in [0.4, 0.5) is 51.1 Å². The van der Waals surface area contributed by atoms with Gasteiger partial charge in [0.05, 0.1) is 23.9 Å². The van der Waals surface area contributed by atoms with Gasteiger partial charge in [0, 0.05) is 19.0 Å². The molecule has 272 valence electrons. The molecule has 2 aliphatic rings. The number of nitrogens with two attached hydrogens (primary N) is 2. The second-order valence-corrected chi connectivity index (χ2v) is 11.7. The Labute approximate surface area is 275 Å². The molecule has 0 aliphatic carbocycles. The van der Waals surface area contributed by atoms with Crippen LogP contribution >= 0.6 is 0 Å². The highest BCUT2D eigenvalue weighted by molar-refractivity contribution is 5.96. The van der Waals surface area contributed by atoms with Gasteiger partial charge in [0.15, 0.2) is 23.6 Å². The van der Waals surface area contributed by atoms with Crippen molar-refractivity contribution >= 4 is 22.5 Å². The first-order valence-electron chi connectivity index (χ1n) is 15.5. The van der Waals surface area contributed by atoms with Crippen molar-refractivity contribution in [3.8, 4) is 23.1 Å². The van der Waals surface area contributed by atoms with Crippen LogP contribution in [0.15, 0.2) is 0 Å². The van der Waals surface area contributed by atoms with Crippen molar-refractivity contribution in [3.63, 3.8) is 0 Å². The maximum atomic E-state index is 15.8. The Morgan fingerprint density at radius 1 is 1.00 bits per heavy atom. The topological polar surface area (TPSA) is 137 Å². The molecule has 5 N–H and O–H groups in total. The summed E-state index contributed by atoms with van der Waals surface area (Å²) in [6.07, 6.45) is -9.24. The summed E-state index contributed by atoms with van der Waals surface area (Å²) < 4.78 is 137. The van der Waals surface area contributed by atoms with Crippen LogP contribution in [-0.4, -0.2) is 82.6 Å². The standard InChI is InChI=1S/C23H25F8N7O2.C7H12FN/c1-4-5-7-34-8-6-10(22(26,27)28)40-20-12-17(37-21(39-3)38-18(12)32)15(25)16(36-20)11-13(23(29,30)31)9(2)35-19(33)14(11)24;8-6-4-7-2-1-3-9(7)5-6/h10,34H,4-8H2,1-3H3,(H2,33,35)(H2,32,37,38);6-7H,1-5H2. The lowest BCUT2D eigenvalue weighted by Gasteiger charge is -2.23. The van der Waals surface area contributed by atoms with E-state index in [1.54, 1.807) is 0 Å². The van der Waals surface area contributed by atoms with Crippen LogP contribution in [0.2, 0.25) is 0 Å². The zero-order valence-electron chi connectivity index (χ0n) is 26.9. The largest absolute Gasteiger partial charge is 0.467 e. The van der Waals surface area contributed by atoms with Crippen molar-refractivity contribution in [1.82, 2.24) is 30.2 Å². The predicted molar refractivity (Wildman–Crippen MR) is 163 cm³/mol. The lowest BCUT2D eigenvalue weighted by molar-refractivity contribution is -0.196. The average Bonchev–Trinajstić information content (AvgIpc) is 3.59. The van der Waals surface area contributed by atoms with Crippen molar-refractivity contribution in [1.29, 1.82) is 0 Å². The third-order valence-corrected chi connectivity index (χ3v) is 8.18. The van der Waals surface area contributed by atoms with E-state index < -0.39 is 99.6 Å². The number of aryl methyl sites for hydroxylation is 1. The Bertz CT molecular complexity index is 1610. The molecule has 0 amide bonds. The molecule has 0 saturated carbocycles. The van der Waals surface area contributed by atoms with Crippen molar-refractivity contribution in [3.05, 3.63) is 22.9 Å². The molecule has 19 heteroatoms. The van der Waals surface area contributed by atoms with E-state index in [1.165, 1.54) is 12.8 Å². The molecule has 2 aliphatic heterocycles. The molecule has 0 aromatic carbocycles. The Morgan fingerprint density at radius 2 is 1.71 bits per heavy atom. The molecule has 3 aromatic heterocycles. The quantitative estimate of drug-likeness (QED) is 0.166. The number of ether oxygens (including phenoxy) is 2. The lowest BCUT2D eigenvalue weighted by atomic mass is 10.0. The summed E-state index contributed by atoms with van der Waals surface area (Å²) in [4.78, 5) is 16.5. The van der Waals surface area contributed by atoms with Crippen LogP contribution in [0.3, 0.4) is 0 Å². The minimum Gasteiger partial charge on any atom is -0.467 e. The van der Waals surface area contributed by atoms with Crippen LogP contribution in [0, 0.1) is 18.6 Å². The summed E-state index contributed by atoms with van der Waals surface area (Å²) in [6.45, 7) is 4.84. The summed E-state index contributed by atoms with van der Waals surface area (Å²) in [5.74, 6) is -6.25. The number of nitrogens with one attached hydrogen (secondary N) is 1. The molecule has 3 unspecified atom stereocenters. The van der Waals surface area contributed by atoms with Crippen LogP contribution in [-0.2, 0) is 6.18 Å². The van der Waals surface area contributed by atoms with Gasteiger partial charge in [0.25, 0.3) is 0 Å². The Morgan fingerprint density at radius 3 is 2.33 bits per heavy atom. The van der Waals surface area contributed by atoms with Crippen LogP contribution in [0.25, 0.3) is 22.2 Å². The van der Waals surface area contributed by atoms with Gasteiger partial charge in [-0.3, -0.25) is 4.90 Å². The minimum atomic E-state index is -5.30. The van der Waals surface area contributed by atoms with Gasteiger partial charge in [-0.05, 0) is 52.2 Å². The van der Waals surface area contributed by atoms with Gasteiger partial charge in [0.2, 0.25) is 5.88 Å². The van der Waals surface area contributed by atoms with E-state index in [4.69, 9.17) is 20.9 Å². The smallest absolute Gasteiger partial charge is 0.425 e. The molecular weight excluding hydrogens is 675 g/mol. The second kappa shape index (κ2) is 15.3. The summed E-state index contributed by atoms with van der Waals surface area (Å²) >= 11 is 0. The number of fused-ring (bicyclic) bond motifs is 2. The number of aromatic nitrogens is 4. The van der Waals surface area contributed by atoms with Gasteiger partial charge in [-0.2, -0.15) is 36.3 Å². The molecule has 0 radical (unpaired) electrons. The first kappa shape index (κ1) is 37.9. The Kier molecular flexibility index (Phi) is 11.9. The third kappa shape index (κ3) is 8.66. The molecule has 2 saturated heterocycles. The molecule has 2 fully saturated rings. The monoisotopic (exact) mass is 712 g/mol. The molecule has 5 rings (SSSR count). The molecule has 3 atom stereocenters. The fraction of sp³-hybridized carbons (Fsp3) is 0.600. The highest BCUT2D eigenvalue weighted by atomic mass is 19.4. The Hall–Kier alpha value is -3.87. The van der Waals surface area contributed by atoms with Crippen LogP contribution < -0.4 is 26.3 Å². The summed E-state index contributed by atoms with van der Waals surface area (Å²) in [5, 5.41) is 2.12. The summed E-state index contributed by atoms with van der Waals surface area (Å²) in [7, 11) is 1.05. The van der Waals surface area contributed by atoms with Crippen molar-refractivity contribution in [2.45, 2.75) is 83.0 Å². The van der Waals surface area contributed by atoms with Crippen molar-refractivity contribution in [2.75, 3.05) is 44.8 Å². The SMILES string of the molecule is CCCCNCCC(Oc1nc(-c2c(F)c(N)nc(C)c2C(F)(F)F)c(F)c2nc(OC)nc(N)c12)C(F)(F)F.FC1CC2CCCN2C1. The predicted octanol–water partition coefficient (Wildman–Crippen LogP) is 6.15. The number of methoxy groups -OCH3 is 1. The molecule has 0 spiro atoms. The van der Waals surface area contributed by atoms with E-state index in [2.05, 4.69) is 30.2 Å². The van der Waals surface area contributed by atoms with Gasteiger partial charge >= 0.3 is 18.4 Å². The van der Waals surface area contributed by atoms with Crippen molar-refractivity contribution < 1.29 is 49.0 Å². The van der Waals surface area contributed by atoms with Gasteiger partial charge in [-0.1, -0.05) is 13.3 Å². The second-order valence-electron chi connectivity index (χ2n) is 11.7. The van der Waals surface area contributed by atoms with E-state index in [-0.39, 0.29) is 6.54 Å². The van der Waals surface area contributed by atoms with E-state index >= 15 is 8.78 Å². The number of rotatable bonds is 10. The first-order valence-corrected chi connectivity index (χ1v) is 15.5. The first-order chi connectivity index (χ1) is 23.0. The molecule has 0 bridgehead atoms. The number of alkyl halides is 7. The fourth-order valence-corrected chi connectivity index (χ4v) is 5.87. The molecule has 3 aromatic rings. The normalized spacial score (nSPS) is 18.7. The number of pyridine rings is 2. The minimum absolute atomic E-state index is 0.164. The number of hydrogen-bond donors (Lipinski definition) is 3. The maximum absolute atomic E-state index is 15.8. The maximum Gasteiger partial charge on any atom is 0.425 e. The number of halogens is 9. The number of nitrogen functional groups attached to an aromatic ring is 2. The summed E-state index contributed by atoms with van der Waals surface area (Å²) in [6, 6.07) is 0.0291. The summed E-state index contributed by atoms with van der Waals surface area (Å²) in [5.41, 5.74) is 4.83. The molecule has 10 nitrogen and oxygen atoms in total. The molecular formula is C30H37F9N8O2. The zero-order valence-corrected chi connectivity index (χ0v) is 26.9. The number of anilines is 2. The van der Waals surface area contributed by atoms with E-state index in [9.17, 15) is 30.7 Å². The lowest BCUT2D eigenvalue weighted by Crippen LogP contribution is -2.37. The van der Waals surface area contributed by atoms with Gasteiger partial charge in [0.1, 0.15) is 28.6 Å². The van der Waals surface area contributed by atoms with Crippen LogP contribution in [0.5, 0.6) is 11.9 Å². The molecule has 5 heterocycles. The van der Waals surface area contributed by atoms with E-state index in [0.29, 0.717) is 25.6 Å². The highest BCUT2D eigenvalue weighted by Crippen LogP contribution is 2.44. The van der Waals surface area contributed by atoms with Crippen LogP contribution in [0.1, 0.15) is 56.7 Å². The van der Waals surface area contributed by atoms with Crippen molar-refractivity contribution in [2.24, 2.45) is 0 Å². The average molecular weight is 713 g/mol. The Balaban J connectivity index is 0.000000511. The molecule has 49 heavy (non-hydrogen) atoms. The zero-order chi connectivity index (χ0) is 36.3. The highest BCUT2D eigenvalue weighted by Gasteiger charge is 2.44. The fourth-order valence-electron chi connectivity index (χ4n) is 5.87. The van der Waals surface area contributed by atoms with Gasteiger partial charge < -0.3 is 26.3 Å². The number of nitrogens with zero attached hydrogens (tertiary/aromatic N) is 5. The van der Waals surface area contributed by atoms with Gasteiger partial charge in [-0.15, -0.1) is 0 Å².